The predicted molar refractivity (Wildman–Crippen MR) is 56.6 cm³/mol. The highest BCUT2D eigenvalue weighted by Gasteiger charge is 2.20. The van der Waals surface area contributed by atoms with Gasteiger partial charge < -0.3 is 9.52 Å². The van der Waals surface area contributed by atoms with Gasteiger partial charge in [0.1, 0.15) is 0 Å². The first kappa shape index (κ1) is 9.53. The minimum absolute atomic E-state index is 0.303. The zero-order chi connectivity index (χ0) is 11.1. The van der Waals surface area contributed by atoms with Crippen molar-refractivity contribution in [1.29, 1.82) is 0 Å². The molecule has 6 heteroatoms. The molecule has 0 bridgehead atoms. The maximum Gasteiger partial charge on any atom is 0.393 e. The van der Waals surface area contributed by atoms with E-state index in [0.717, 1.165) is 17.7 Å². The smallest absolute Gasteiger partial charge is 0.393 e. The molecule has 0 atom stereocenters. The topological polar surface area (TPSA) is 76.2 Å². The van der Waals surface area contributed by atoms with Gasteiger partial charge in [0, 0.05) is 4.88 Å². The maximum atomic E-state index is 10.6. The summed E-state index contributed by atoms with van der Waals surface area (Å²) in [6, 6.07) is 2.02. The van der Waals surface area contributed by atoms with E-state index in [1.807, 2.05) is 6.07 Å². The number of carboxylic acid groups (broad SMARTS) is 1. The van der Waals surface area contributed by atoms with Crippen molar-refractivity contribution in [2.24, 2.45) is 0 Å². The van der Waals surface area contributed by atoms with Crippen molar-refractivity contribution in [2.75, 3.05) is 0 Å². The van der Waals surface area contributed by atoms with Crippen LogP contribution in [-0.4, -0.2) is 21.3 Å². The van der Waals surface area contributed by atoms with Crippen LogP contribution < -0.4 is 0 Å². The van der Waals surface area contributed by atoms with Crippen LogP contribution >= 0.6 is 11.3 Å². The zero-order valence-corrected chi connectivity index (χ0v) is 9.08. The third-order valence-electron chi connectivity index (χ3n) is 2.57. The zero-order valence-electron chi connectivity index (χ0n) is 8.27. The standard InChI is InChI=1S/C10H8N2O3S/c13-10(14)9-12-11-8(15-9)7-4-5-2-1-3-6(5)16-7/h4H,1-3H2,(H,13,14). The van der Waals surface area contributed by atoms with Crippen LogP contribution in [0.2, 0.25) is 0 Å². The Morgan fingerprint density at radius 2 is 2.31 bits per heavy atom. The number of hydrogen-bond donors (Lipinski definition) is 1. The first-order valence-electron chi connectivity index (χ1n) is 4.93. The van der Waals surface area contributed by atoms with Gasteiger partial charge >= 0.3 is 11.9 Å². The Morgan fingerprint density at radius 1 is 1.44 bits per heavy atom. The summed E-state index contributed by atoms with van der Waals surface area (Å²) in [7, 11) is 0. The Balaban J connectivity index is 1.98. The molecule has 0 saturated heterocycles. The number of aryl methyl sites for hydroxylation is 2. The van der Waals surface area contributed by atoms with Gasteiger partial charge in [-0.15, -0.1) is 21.5 Å². The summed E-state index contributed by atoms with van der Waals surface area (Å²) in [6.07, 6.45) is 3.39. The van der Waals surface area contributed by atoms with Crippen molar-refractivity contribution in [3.8, 4) is 10.8 Å². The van der Waals surface area contributed by atoms with Crippen molar-refractivity contribution in [1.82, 2.24) is 10.2 Å². The van der Waals surface area contributed by atoms with Crippen molar-refractivity contribution in [3.05, 3.63) is 22.4 Å². The second-order valence-electron chi connectivity index (χ2n) is 3.63. The fourth-order valence-corrected chi connectivity index (χ4v) is 3.02. The van der Waals surface area contributed by atoms with E-state index in [0.29, 0.717) is 5.89 Å². The van der Waals surface area contributed by atoms with Gasteiger partial charge in [-0.1, -0.05) is 0 Å². The molecule has 2 aromatic rings. The van der Waals surface area contributed by atoms with Crippen LogP contribution in [0, 0.1) is 0 Å². The van der Waals surface area contributed by atoms with Crippen LogP contribution in [0.15, 0.2) is 10.5 Å². The molecule has 82 valence electrons. The third-order valence-corrected chi connectivity index (χ3v) is 3.79. The number of nitrogens with zero attached hydrogens (tertiary/aromatic N) is 2. The SMILES string of the molecule is O=C(O)c1nnc(-c2cc3c(s2)CCC3)o1. The molecule has 1 aliphatic carbocycles. The van der Waals surface area contributed by atoms with Crippen LogP contribution in [-0.2, 0) is 12.8 Å². The van der Waals surface area contributed by atoms with Crippen LogP contribution in [0.5, 0.6) is 0 Å². The second kappa shape index (κ2) is 3.41. The number of aromatic nitrogens is 2. The largest absolute Gasteiger partial charge is 0.474 e. The molecule has 3 rings (SSSR count). The molecular weight excluding hydrogens is 228 g/mol. The first-order chi connectivity index (χ1) is 7.74. The van der Waals surface area contributed by atoms with E-state index in [-0.39, 0.29) is 5.89 Å². The summed E-state index contributed by atoms with van der Waals surface area (Å²) in [4.78, 5) is 12.8. The lowest BCUT2D eigenvalue weighted by atomic mass is 10.2. The fourth-order valence-electron chi connectivity index (χ4n) is 1.84. The summed E-state index contributed by atoms with van der Waals surface area (Å²) < 4.78 is 5.06. The maximum absolute atomic E-state index is 10.6. The number of fused-ring (bicyclic) bond motifs is 1. The van der Waals surface area contributed by atoms with Crippen molar-refractivity contribution < 1.29 is 14.3 Å². The predicted octanol–water partition coefficient (Wildman–Crippen LogP) is 1.98. The van der Waals surface area contributed by atoms with Gasteiger partial charge in [0.15, 0.2) is 0 Å². The summed E-state index contributed by atoms with van der Waals surface area (Å²) in [5.74, 6) is -1.25. The van der Waals surface area contributed by atoms with Crippen molar-refractivity contribution >= 4 is 17.3 Å². The highest BCUT2D eigenvalue weighted by Crippen LogP contribution is 2.35. The molecule has 0 spiro atoms. The van der Waals surface area contributed by atoms with Crippen molar-refractivity contribution in [2.45, 2.75) is 19.3 Å². The fraction of sp³-hybridized carbons (Fsp3) is 0.300. The Labute approximate surface area is 94.7 Å². The van der Waals surface area contributed by atoms with Gasteiger partial charge in [0.2, 0.25) is 0 Å². The quantitative estimate of drug-likeness (QED) is 0.862. The van der Waals surface area contributed by atoms with Gasteiger partial charge in [-0.25, -0.2) is 4.79 Å². The number of carboxylic acids is 1. The molecule has 0 aromatic carbocycles. The Kier molecular flexibility index (Phi) is 2.03. The van der Waals surface area contributed by atoms with Gasteiger partial charge in [-0.3, -0.25) is 0 Å². The molecule has 5 nitrogen and oxygen atoms in total. The lowest BCUT2D eigenvalue weighted by molar-refractivity contribution is 0.0654. The van der Waals surface area contributed by atoms with Crippen LogP contribution in [0.4, 0.5) is 0 Å². The lowest BCUT2D eigenvalue weighted by Gasteiger charge is -1.87. The number of hydrogen-bond acceptors (Lipinski definition) is 5. The average molecular weight is 236 g/mol. The first-order valence-corrected chi connectivity index (χ1v) is 5.74. The molecular formula is C10H8N2O3S. The van der Waals surface area contributed by atoms with Crippen LogP contribution in [0.3, 0.4) is 0 Å². The third kappa shape index (κ3) is 1.42. The molecule has 0 aliphatic heterocycles. The van der Waals surface area contributed by atoms with E-state index in [4.69, 9.17) is 9.52 Å². The number of carbonyl (C=O) groups is 1. The number of aromatic carboxylic acids is 1. The molecule has 0 saturated carbocycles. The minimum Gasteiger partial charge on any atom is -0.474 e. The molecule has 2 aromatic heterocycles. The average Bonchev–Trinajstić information content (AvgIpc) is 2.91. The lowest BCUT2D eigenvalue weighted by Crippen LogP contribution is -1.95. The molecule has 16 heavy (non-hydrogen) atoms. The molecule has 0 radical (unpaired) electrons. The van der Waals surface area contributed by atoms with Gasteiger partial charge in [0.25, 0.3) is 5.89 Å². The Bertz CT molecular complexity index is 537. The highest BCUT2D eigenvalue weighted by atomic mass is 32.1. The number of rotatable bonds is 2. The summed E-state index contributed by atoms with van der Waals surface area (Å²) >= 11 is 1.61. The molecule has 1 aliphatic rings. The molecule has 0 amide bonds. The van der Waals surface area contributed by atoms with Crippen molar-refractivity contribution in [3.63, 3.8) is 0 Å². The Hall–Kier alpha value is -1.69. The van der Waals surface area contributed by atoms with Gasteiger partial charge in [-0.05, 0) is 30.9 Å². The summed E-state index contributed by atoms with van der Waals surface area (Å²) in [5.41, 5.74) is 1.33. The van der Waals surface area contributed by atoms with E-state index in [1.54, 1.807) is 11.3 Å². The summed E-state index contributed by atoms with van der Waals surface area (Å²) in [5, 5.41) is 15.9. The van der Waals surface area contributed by atoms with E-state index in [1.165, 1.54) is 16.9 Å². The van der Waals surface area contributed by atoms with E-state index in [9.17, 15) is 4.79 Å². The minimum atomic E-state index is -1.19. The second-order valence-corrected chi connectivity index (χ2v) is 4.77. The molecule has 0 unspecified atom stereocenters. The number of thiophene rings is 1. The van der Waals surface area contributed by atoms with E-state index in [2.05, 4.69) is 10.2 Å². The molecule has 1 N–H and O–H groups in total. The van der Waals surface area contributed by atoms with Gasteiger partial charge in [-0.2, -0.15) is 0 Å². The van der Waals surface area contributed by atoms with Crippen LogP contribution in [0.25, 0.3) is 10.8 Å². The molecule has 0 fully saturated rings. The highest BCUT2D eigenvalue weighted by molar-refractivity contribution is 7.15. The molecule has 2 heterocycles. The van der Waals surface area contributed by atoms with Crippen LogP contribution in [0.1, 0.15) is 27.5 Å². The Morgan fingerprint density at radius 3 is 3.00 bits per heavy atom. The monoisotopic (exact) mass is 236 g/mol. The van der Waals surface area contributed by atoms with E-state index >= 15 is 0 Å². The summed E-state index contributed by atoms with van der Waals surface area (Å²) in [6.45, 7) is 0. The normalized spacial score (nSPS) is 14.0. The van der Waals surface area contributed by atoms with E-state index < -0.39 is 5.97 Å². The van der Waals surface area contributed by atoms with Gasteiger partial charge in [0.05, 0.1) is 4.88 Å².